The van der Waals surface area contributed by atoms with Crippen LogP contribution in [0.3, 0.4) is 0 Å². The molecule has 0 spiro atoms. The van der Waals surface area contributed by atoms with Crippen LogP contribution in [0.15, 0.2) is 39.7 Å². The van der Waals surface area contributed by atoms with E-state index in [0.717, 1.165) is 10.4 Å². The second kappa shape index (κ2) is 3.53. The van der Waals surface area contributed by atoms with Gasteiger partial charge in [0.15, 0.2) is 0 Å². The molecule has 1 heterocycles. The van der Waals surface area contributed by atoms with Crippen molar-refractivity contribution in [2.75, 3.05) is 5.73 Å². The molecule has 76 valence electrons. The van der Waals surface area contributed by atoms with Crippen LogP contribution in [-0.2, 0) is 0 Å². The van der Waals surface area contributed by atoms with Gasteiger partial charge >= 0.3 is 0 Å². The summed E-state index contributed by atoms with van der Waals surface area (Å²) in [4.78, 5) is 13.5. The molecule has 2 N–H and O–H groups in total. The summed E-state index contributed by atoms with van der Waals surface area (Å²) < 4.78 is 16.4. The monoisotopic (exact) mass is 206 g/mol. The van der Waals surface area contributed by atoms with Gasteiger partial charge in [-0.2, -0.15) is 4.98 Å². The first-order valence-electron chi connectivity index (χ1n) is 4.18. The summed E-state index contributed by atoms with van der Waals surface area (Å²) in [5.41, 5.74) is 4.60. The minimum atomic E-state index is -0.381. The van der Waals surface area contributed by atoms with Gasteiger partial charge < -0.3 is 10.2 Å². The van der Waals surface area contributed by atoms with E-state index < -0.39 is 0 Å². The van der Waals surface area contributed by atoms with Crippen LogP contribution in [0.4, 0.5) is 10.4 Å². The molecule has 0 amide bonds. The number of aromatic nitrogens is 1. The highest BCUT2D eigenvalue weighted by molar-refractivity contribution is 5.24. The first-order chi connectivity index (χ1) is 7.16. The molecule has 0 bridgehead atoms. The average molecular weight is 206 g/mol. The molecule has 0 aromatic carbocycles. The van der Waals surface area contributed by atoms with Gasteiger partial charge in [0.2, 0.25) is 0 Å². The Balaban J connectivity index is 0.000000114. The summed E-state index contributed by atoms with van der Waals surface area (Å²) in [5, 5.41) is 1.87. The molecule has 0 unspecified atom stereocenters. The molecule has 5 heteroatoms. The van der Waals surface area contributed by atoms with E-state index in [4.69, 9.17) is 5.73 Å². The van der Waals surface area contributed by atoms with Crippen LogP contribution in [0.2, 0.25) is 0 Å². The van der Waals surface area contributed by atoms with Crippen molar-refractivity contribution in [1.82, 2.24) is 4.98 Å². The standard InChI is InChI=1S/C6H3F.C4H4N2O2/c7-6-3-4-1-2-5(4)6;5-4-6-3(7)1-2-8-4/h1-3H;1-2H,(H2,5,6,7). The first-order valence-corrected chi connectivity index (χ1v) is 4.18. The Morgan fingerprint density at radius 3 is 2.33 bits per heavy atom. The smallest absolute Gasteiger partial charge is 0.295 e. The fourth-order valence-electron chi connectivity index (χ4n) is 1.08. The van der Waals surface area contributed by atoms with Gasteiger partial charge in [0.25, 0.3) is 11.6 Å². The largest absolute Gasteiger partial charge is 0.434 e. The first kappa shape index (κ1) is 9.39. The zero-order chi connectivity index (χ0) is 10.8. The number of hydrogen-bond donors (Lipinski definition) is 1. The van der Waals surface area contributed by atoms with Crippen molar-refractivity contribution in [3.05, 3.63) is 57.1 Å². The molecule has 1 aromatic rings. The Morgan fingerprint density at radius 2 is 2.13 bits per heavy atom. The summed E-state index contributed by atoms with van der Waals surface area (Å²) in [5.74, 6) is -0.0579. The van der Waals surface area contributed by atoms with Crippen LogP contribution < -0.4 is 11.3 Å². The highest BCUT2D eigenvalue weighted by Crippen LogP contribution is 2.12. The van der Waals surface area contributed by atoms with Crippen LogP contribution in [0.5, 0.6) is 0 Å². The second-order valence-electron chi connectivity index (χ2n) is 2.90. The topological polar surface area (TPSA) is 69.1 Å². The molecular weight excluding hydrogens is 199 g/mol. The number of nitrogens with two attached hydrogens (primary N) is 1. The van der Waals surface area contributed by atoms with Crippen molar-refractivity contribution >= 4 is 6.01 Å². The van der Waals surface area contributed by atoms with Gasteiger partial charge in [0, 0.05) is 11.3 Å². The maximum atomic E-state index is 12.0. The van der Waals surface area contributed by atoms with E-state index in [0.29, 0.717) is 0 Å². The van der Waals surface area contributed by atoms with Crippen molar-refractivity contribution in [2.45, 2.75) is 0 Å². The van der Waals surface area contributed by atoms with E-state index in [-0.39, 0.29) is 17.4 Å². The molecule has 0 atom stereocenters. The maximum Gasteiger partial charge on any atom is 0.295 e. The van der Waals surface area contributed by atoms with E-state index >= 15 is 0 Å². The minimum absolute atomic E-state index is 0.0579. The van der Waals surface area contributed by atoms with Crippen LogP contribution in [-0.4, -0.2) is 4.98 Å². The van der Waals surface area contributed by atoms with Crippen LogP contribution >= 0.6 is 0 Å². The normalized spacial score (nSPS) is 10.2. The lowest BCUT2D eigenvalue weighted by Gasteiger charge is -2.00. The number of halogens is 1. The Hall–Kier alpha value is -2.17. The molecule has 0 aliphatic heterocycles. The highest BCUT2D eigenvalue weighted by Gasteiger charge is 2.01. The lowest BCUT2D eigenvalue weighted by Crippen LogP contribution is -2.04. The average Bonchev–Trinajstić information content (AvgIpc) is 2.14. The molecule has 3 rings (SSSR count). The molecule has 4 nitrogen and oxygen atoms in total. The summed E-state index contributed by atoms with van der Waals surface area (Å²) in [6.45, 7) is 0. The van der Waals surface area contributed by atoms with Gasteiger partial charge in [0.1, 0.15) is 12.1 Å². The van der Waals surface area contributed by atoms with Gasteiger partial charge in [-0.05, 0) is 11.3 Å². The van der Waals surface area contributed by atoms with Gasteiger partial charge in [-0.1, -0.05) is 12.1 Å². The van der Waals surface area contributed by atoms with Gasteiger partial charge in [0.05, 0.1) is 0 Å². The Morgan fingerprint density at radius 1 is 1.33 bits per heavy atom. The maximum absolute atomic E-state index is 12.0. The zero-order valence-corrected chi connectivity index (χ0v) is 7.61. The van der Waals surface area contributed by atoms with Crippen molar-refractivity contribution in [1.29, 1.82) is 0 Å². The molecule has 15 heavy (non-hydrogen) atoms. The number of anilines is 1. The van der Waals surface area contributed by atoms with E-state index in [9.17, 15) is 9.18 Å². The van der Waals surface area contributed by atoms with Crippen LogP contribution in [0, 0.1) is 16.3 Å². The third-order valence-corrected chi connectivity index (χ3v) is 1.90. The summed E-state index contributed by atoms with van der Waals surface area (Å²) in [6.07, 6.45) is 1.20. The summed E-state index contributed by atoms with van der Waals surface area (Å²) in [6, 6.07) is 6.31. The van der Waals surface area contributed by atoms with E-state index in [1.807, 2.05) is 6.07 Å². The Kier molecular flexibility index (Phi) is 2.21. The SMILES string of the molecule is Fc1cc2ccc1=2.Nc1nc(=O)cco1. The second-order valence-corrected chi connectivity index (χ2v) is 2.90. The molecule has 0 saturated heterocycles. The fraction of sp³-hybridized carbons (Fsp3) is 0. The van der Waals surface area contributed by atoms with E-state index in [1.165, 1.54) is 18.4 Å². The van der Waals surface area contributed by atoms with Crippen molar-refractivity contribution in [3.8, 4) is 0 Å². The predicted octanol–water partition coefficient (Wildman–Crippen LogP) is 1.04. The minimum Gasteiger partial charge on any atom is -0.434 e. The van der Waals surface area contributed by atoms with Gasteiger partial charge in [-0.15, -0.1) is 0 Å². The van der Waals surface area contributed by atoms with Crippen molar-refractivity contribution in [3.63, 3.8) is 0 Å². The highest BCUT2D eigenvalue weighted by atomic mass is 19.1. The number of nitrogens with zero attached hydrogens (tertiary/aromatic N) is 1. The summed E-state index contributed by atoms with van der Waals surface area (Å²) in [7, 11) is 0. The van der Waals surface area contributed by atoms with Crippen LogP contribution in [0.1, 0.15) is 0 Å². The number of rotatable bonds is 0. The van der Waals surface area contributed by atoms with Crippen molar-refractivity contribution in [2.24, 2.45) is 0 Å². The lowest BCUT2D eigenvalue weighted by molar-refractivity contribution is 0.548. The number of nitrogen functional groups attached to an aromatic ring is 1. The zero-order valence-electron chi connectivity index (χ0n) is 7.61. The molecule has 1 aromatic heterocycles. The molecule has 2 aliphatic carbocycles. The quantitative estimate of drug-likeness (QED) is 0.596. The van der Waals surface area contributed by atoms with E-state index in [1.54, 1.807) is 6.07 Å². The molecule has 0 fully saturated rings. The number of hydrogen-bond acceptors (Lipinski definition) is 4. The van der Waals surface area contributed by atoms with E-state index in [2.05, 4.69) is 9.40 Å². The number of benzene rings is 1. The predicted molar refractivity (Wildman–Crippen MR) is 51.3 cm³/mol. The van der Waals surface area contributed by atoms with Gasteiger partial charge in [-0.3, -0.25) is 4.79 Å². The third-order valence-electron chi connectivity index (χ3n) is 1.90. The lowest BCUT2D eigenvalue weighted by atomic mass is 10.1. The summed E-state index contributed by atoms with van der Waals surface area (Å²) >= 11 is 0. The van der Waals surface area contributed by atoms with Crippen molar-refractivity contribution < 1.29 is 8.81 Å². The Labute approximate surface area is 83.5 Å². The van der Waals surface area contributed by atoms with Crippen LogP contribution in [0.25, 0.3) is 0 Å². The van der Waals surface area contributed by atoms with Gasteiger partial charge in [-0.25, -0.2) is 4.39 Å². The molecule has 2 aliphatic rings. The Bertz CT molecular complexity index is 636. The molecule has 0 saturated carbocycles. The molecule has 0 radical (unpaired) electrons. The fourth-order valence-corrected chi connectivity index (χ4v) is 1.08. The third kappa shape index (κ3) is 1.85. The molecular formula is C10H7FN2O2.